The molecule has 2 N–H and O–H groups in total. The fourth-order valence-electron chi connectivity index (χ4n) is 1.49. The summed E-state index contributed by atoms with van der Waals surface area (Å²) in [6, 6.07) is 0. The first-order valence-electron chi connectivity index (χ1n) is 6.25. The van der Waals surface area contributed by atoms with Crippen molar-refractivity contribution in [3.8, 4) is 0 Å². The Balaban J connectivity index is 4.77. The number of aliphatic hydroxyl groups is 1. The minimum Gasteiger partial charge on any atom is -0.364 e. The zero-order chi connectivity index (χ0) is 13.7. The SMILES string of the molecule is CNCCOC(O)/C(=C\C(C)(C)C)C(C)(C)C. The van der Waals surface area contributed by atoms with Crippen LogP contribution in [0, 0.1) is 10.8 Å². The average Bonchev–Trinajstić information content (AvgIpc) is 2.11. The molecule has 0 rings (SSSR count). The van der Waals surface area contributed by atoms with E-state index >= 15 is 0 Å². The average molecular weight is 243 g/mol. The molecule has 1 unspecified atom stereocenters. The van der Waals surface area contributed by atoms with Gasteiger partial charge in [0.25, 0.3) is 0 Å². The van der Waals surface area contributed by atoms with Crippen LogP contribution in [0.2, 0.25) is 0 Å². The quantitative estimate of drug-likeness (QED) is 0.443. The molecule has 0 aromatic rings. The summed E-state index contributed by atoms with van der Waals surface area (Å²) in [5.74, 6) is 0. The van der Waals surface area contributed by atoms with Crippen molar-refractivity contribution in [3.05, 3.63) is 11.6 Å². The molecule has 0 heterocycles. The van der Waals surface area contributed by atoms with E-state index in [0.717, 1.165) is 12.1 Å². The highest BCUT2D eigenvalue weighted by Gasteiger charge is 2.26. The van der Waals surface area contributed by atoms with Gasteiger partial charge in [-0.15, -0.1) is 0 Å². The first kappa shape index (κ1) is 16.6. The molecule has 0 bridgehead atoms. The van der Waals surface area contributed by atoms with Crippen molar-refractivity contribution in [2.75, 3.05) is 20.2 Å². The Morgan fingerprint density at radius 3 is 2.12 bits per heavy atom. The number of ether oxygens (including phenoxy) is 1. The highest BCUT2D eigenvalue weighted by molar-refractivity contribution is 5.16. The zero-order valence-electron chi connectivity index (χ0n) is 12.4. The molecule has 0 amide bonds. The van der Waals surface area contributed by atoms with Gasteiger partial charge in [-0.2, -0.15) is 0 Å². The van der Waals surface area contributed by atoms with Gasteiger partial charge in [-0.3, -0.25) is 0 Å². The molecule has 0 saturated carbocycles. The van der Waals surface area contributed by atoms with E-state index in [1.165, 1.54) is 0 Å². The standard InChI is InChI=1S/C14H29NO2/c1-13(2,3)10-11(14(4,5)6)12(16)17-9-8-15-7/h10,12,15-16H,8-9H2,1-7H3/b11-10+. The number of allylic oxidation sites excluding steroid dienone is 1. The molecule has 0 aliphatic carbocycles. The number of hydrogen-bond donors (Lipinski definition) is 2. The Labute approximate surface area is 106 Å². The van der Waals surface area contributed by atoms with Crippen LogP contribution >= 0.6 is 0 Å². The van der Waals surface area contributed by atoms with E-state index in [2.05, 4.69) is 52.9 Å². The second-order valence-corrected chi connectivity index (χ2v) is 6.54. The van der Waals surface area contributed by atoms with Gasteiger partial charge in [-0.1, -0.05) is 47.6 Å². The van der Waals surface area contributed by atoms with Crippen LogP contribution in [0.1, 0.15) is 41.5 Å². The molecule has 0 spiro atoms. The van der Waals surface area contributed by atoms with E-state index in [1.54, 1.807) is 0 Å². The van der Waals surface area contributed by atoms with Gasteiger partial charge in [0.05, 0.1) is 6.61 Å². The van der Waals surface area contributed by atoms with Gasteiger partial charge < -0.3 is 15.2 Å². The molecule has 0 aliphatic rings. The van der Waals surface area contributed by atoms with E-state index < -0.39 is 6.29 Å². The molecule has 0 fully saturated rings. The maximum Gasteiger partial charge on any atom is 0.177 e. The minimum absolute atomic E-state index is 0.0377. The summed E-state index contributed by atoms with van der Waals surface area (Å²) in [5.41, 5.74) is 0.892. The number of aliphatic hydroxyl groups excluding tert-OH is 1. The van der Waals surface area contributed by atoms with Gasteiger partial charge in [0, 0.05) is 6.54 Å². The molecule has 0 saturated heterocycles. The van der Waals surface area contributed by atoms with Crippen molar-refractivity contribution < 1.29 is 9.84 Å². The molecule has 0 aromatic carbocycles. The Morgan fingerprint density at radius 1 is 1.24 bits per heavy atom. The minimum atomic E-state index is -0.817. The van der Waals surface area contributed by atoms with E-state index in [-0.39, 0.29) is 10.8 Å². The summed E-state index contributed by atoms with van der Waals surface area (Å²) in [7, 11) is 1.87. The molecule has 0 aromatic heterocycles. The summed E-state index contributed by atoms with van der Waals surface area (Å²) < 4.78 is 5.44. The molecule has 17 heavy (non-hydrogen) atoms. The summed E-state index contributed by atoms with van der Waals surface area (Å²) >= 11 is 0. The summed E-state index contributed by atoms with van der Waals surface area (Å²) in [6.07, 6.45) is 1.29. The Bertz CT molecular complexity index is 246. The van der Waals surface area contributed by atoms with Gasteiger partial charge in [-0.05, 0) is 23.5 Å². The second kappa shape index (κ2) is 6.53. The smallest absolute Gasteiger partial charge is 0.177 e. The van der Waals surface area contributed by atoms with Crippen LogP contribution in [0.4, 0.5) is 0 Å². The normalized spacial score (nSPS) is 16.1. The van der Waals surface area contributed by atoms with Crippen molar-refractivity contribution in [2.24, 2.45) is 10.8 Å². The van der Waals surface area contributed by atoms with Gasteiger partial charge in [0.15, 0.2) is 6.29 Å². The Morgan fingerprint density at radius 2 is 1.76 bits per heavy atom. The third-order valence-electron chi connectivity index (χ3n) is 2.35. The predicted octanol–water partition coefficient (Wildman–Crippen LogP) is 2.56. The lowest BCUT2D eigenvalue weighted by molar-refractivity contribution is -0.0800. The lowest BCUT2D eigenvalue weighted by atomic mass is 9.81. The monoisotopic (exact) mass is 243 g/mol. The fourth-order valence-corrected chi connectivity index (χ4v) is 1.49. The Hall–Kier alpha value is -0.380. The maximum atomic E-state index is 10.1. The largest absolute Gasteiger partial charge is 0.364 e. The lowest BCUT2D eigenvalue weighted by Crippen LogP contribution is -2.28. The predicted molar refractivity (Wildman–Crippen MR) is 72.9 cm³/mol. The molecule has 1 atom stereocenters. The highest BCUT2D eigenvalue weighted by Crippen LogP contribution is 2.32. The fraction of sp³-hybridized carbons (Fsp3) is 0.857. The summed E-state index contributed by atoms with van der Waals surface area (Å²) in [6.45, 7) is 13.9. The van der Waals surface area contributed by atoms with Crippen LogP contribution < -0.4 is 5.32 Å². The van der Waals surface area contributed by atoms with Crippen molar-refractivity contribution in [3.63, 3.8) is 0 Å². The van der Waals surface area contributed by atoms with Crippen LogP contribution in [-0.2, 0) is 4.74 Å². The van der Waals surface area contributed by atoms with E-state index in [1.807, 2.05) is 7.05 Å². The number of hydrogen-bond acceptors (Lipinski definition) is 3. The third kappa shape index (κ3) is 7.53. The van der Waals surface area contributed by atoms with E-state index in [4.69, 9.17) is 4.74 Å². The molecule has 0 aliphatic heterocycles. The molecule has 102 valence electrons. The number of rotatable bonds is 5. The highest BCUT2D eigenvalue weighted by atomic mass is 16.6. The topological polar surface area (TPSA) is 41.5 Å². The number of likely N-dealkylation sites (N-methyl/N-ethyl adjacent to an activating group) is 1. The van der Waals surface area contributed by atoms with Crippen LogP contribution in [0.25, 0.3) is 0 Å². The van der Waals surface area contributed by atoms with Crippen molar-refractivity contribution in [1.29, 1.82) is 0 Å². The summed E-state index contributed by atoms with van der Waals surface area (Å²) in [5, 5.41) is 13.1. The van der Waals surface area contributed by atoms with Crippen molar-refractivity contribution in [1.82, 2.24) is 5.32 Å². The first-order valence-corrected chi connectivity index (χ1v) is 6.25. The van der Waals surface area contributed by atoms with Crippen LogP contribution in [-0.4, -0.2) is 31.6 Å². The Kier molecular flexibility index (Phi) is 6.38. The molecule has 0 radical (unpaired) electrons. The molecular formula is C14H29NO2. The lowest BCUT2D eigenvalue weighted by Gasteiger charge is -2.30. The van der Waals surface area contributed by atoms with Gasteiger partial charge >= 0.3 is 0 Å². The van der Waals surface area contributed by atoms with Crippen LogP contribution in [0.15, 0.2) is 11.6 Å². The molecule has 3 heteroatoms. The number of nitrogens with one attached hydrogen (secondary N) is 1. The summed E-state index contributed by atoms with van der Waals surface area (Å²) in [4.78, 5) is 0. The zero-order valence-corrected chi connectivity index (χ0v) is 12.4. The first-order chi connectivity index (χ1) is 7.58. The van der Waals surface area contributed by atoms with E-state index in [9.17, 15) is 5.11 Å². The third-order valence-corrected chi connectivity index (χ3v) is 2.35. The van der Waals surface area contributed by atoms with Crippen LogP contribution in [0.3, 0.4) is 0 Å². The van der Waals surface area contributed by atoms with E-state index in [0.29, 0.717) is 6.61 Å². The van der Waals surface area contributed by atoms with Gasteiger partial charge in [0.1, 0.15) is 0 Å². The molecular weight excluding hydrogens is 214 g/mol. The second-order valence-electron chi connectivity index (χ2n) is 6.54. The van der Waals surface area contributed by atoms with Gasteiger partial charge in [0.2, 0.25) is 0 Å². The van der Waals surface area contributed by atoms with Gasteiger partial charge in [-0.25, -0.2) is 0 Å². The van der Waals surface area contributed by atoms with Crippen molar-refractivity contribution >= 4 is 0 Å². The molecule has 3 nitrogen and oxygen atoms in total. The van der Waals surface area contributed by atoms with Crippen LogP contribution in [0.5, 0.6) is 0 Å². The van der Waals surface area contributed by atoms with Crippen molar-refractivity contribution in [2.45, 2.75) is 47.8 Å². The maximum absolute atomic E-state index is 10.1.